The minimum absolute atomic E-state index is 0.0815. The van der Waals surface area contributed by atoms with Crippen LogP contribution < -0.4 is 10.3 Å². The molecule has 1 aliphatic rings. The molecule has 150 valence electrons. The molecule has 3 amide bonds. The Kier molecular flexibility index (Phi) is 6.39. The van der Waals surface area contributed by atoms with E-state index in [-0.39, 0.29) is 36.3 Å². The van der Waals surface area contributed by atoms with Gasteiger partial charge in [0.15, 0.2) is 0 Å². The Bertz CT molecular complexity index is 936. The minimum Gasteiger partial charge on any atom is -0.339 e. The van der Waals surface area contributed by atoms with E-state index in [9.17, 15) is 14.4 Å². The highest BCUT2D eigenvalue weighted by molar-refractivity contribution is 6.44. The Morgan fingerprint density at radius 2 is 1.76 bits per heavy atom. The van der Waals surface area contributed by atoms with E-state index >= 15 is 0 Å². The number of para-hydroxylation sites is 1. The van der Waals surface area contributed by atoms with Crippen molar-refractivity contribution in [3.05, 3.63) is 60.2 Å². The Morgan fingerprint density at radius 3 is 2.45 bits per heavy atom. The average Bonchev–Trinajstić information content (AvgIpc) is 2.75. The average molecular weight is 392 g/mol. The van der Waals surface area contributed by atoms with Crippen LogP contribution in [0.25, 0.3) is 0 Å². The zero-order valence-electron chi connectivity index (χ0n) is 16.6. The summed E-state index contributed by atoms with van der Waals surface area (Å²) in [5.41, 5.74) is 1.92. The molecule has 0 bridgehead atoms. The van der Waals surface area contributed by atoms with Crippen molar-refractivity contribution in [3.63, 3.8) is 0 Å². The number of hydrogen-bond acceptors (Lipinski definition) is 4. The van der Waals surface area contributed by atoms with Gasteiger partial charge in [-0.05, 0) is 44.2 Å². The molecule has 2 aromatic rings. The van der Waals surface area contributed by atoms with Crippen LogP contribution in [0.15, 0.2) is 59.7 Å². The molecule has 0 fully saturated rings. The van der Waals surface area contributed by atoms with Gasteiger partial charge in [-0.15, -0.1) is 0 Å². The lowest BCUT2D eigenvalue weighted by Crippen LogP contribution is -2.36. The van der Waals surface area contributed by atoms with E-state index in [4.69, 9.17) is 0 Å². The molecule has 0 aromatic heterocycles. The van der Waals surface area contributed by atoms with Crippen LogP contribution in [0.2, 0.25) is 0 Å². The largest absolute Gasteiger partial charge is 0.339 e. The highest BCUT2D eigenvalue weighted by Crippen LogP contribution is 2.20. The van der Waals surface area contributed by atoms with E-state index in [1.807, 2.05) is 32.0 Å². The molecule has 0 atom stereocenters. The molecule has 0 saturated heterocycles. The highest BCUT2D eigenvalue weighted by Gasteiger charge is 2.25. The number of nitrogens with one attached hydrogen (secondary N) is 1. The summed E-state index contributed by atoms with van der Waals surface area (Å²) in [5, 5.41) is 8.31. The third-order valence-electron chi connectivity index (χ3n) is 4.71. The Hall–Kier alpha value is -3.48. The van der Waals surface area contributed by atoms with Crippen LogP contribution in [-0.2, 0) is 9.59 Å². The molecule has 2 aromatic carbocycles. The third kappa shape index (κ3) is 4.68. The maximum atomic E-state index is 12.7. The second kappa shape index (κ2) is 9.14. The fourth-order valence-electron chi connectivity index (χ4n) is 3.11. The molecule has 7 heteroatoms. The normalized spacial score (nSPS) is 13.7. The lowest BCUT2D eigenvalue weighted by atomic mass is 10.1. The van der Waals surface area contributed by atoms with Gasteiger partial charge in [0.1, 0.15) is 5.71 Å². The predicted molar refractivity (Wildman–Crippen MR) is 113 cm³/mol. The molecular weight excluding hydrogens is 368 g/mol. The van der Waals surface area contributed by atoms with Crippen LogP contribution >= 0.6 is 0 Å². The fourth-order valence-corrected chi connectivity index (χ4v) is 3.11. The number of hydrazone groups is 1. The SMILES string of the molecule is CCN(CC)C(=O)c1cccc(NC(=O)C2=NN(c3ccccc3)C(=O)CC2)c1. The number of nitrogens with zero attached hydrogens (tertiary/aromatic N) is 3. The first-order chi connectivity index (χ1) is 14.0. The van der Waals surface area contributed by atoms with Crippen molar-refractivity contribution in [2.75, 3.05) is 23.4 Å². The Labute approximate surface area is 170 Å². The van der Waals surface area contributed by atoms with Crippen molar-refractivity contribution in [3.8, 4) is 0 Å². The molecule has 1 aliphatic heterocycles. The summed E-state index contributed by atoms with van der Waals surface area (Å²) < 4.78 is 0. The molecule has 0 aliphatic carbocycles. The standard InChI is InChI=1S/C22H24N4O3/c1-3-25(4-2)22(29)16-9-8-10-17(15-16)23-21(28)19-13-14-20(27)26(24-19)18-11-6-5-7-12-18/h5-12,15H,3-4,13-14H2,1-2H3,(H,23,28). The maximum Gasteiger partial charge on any atom is 0.271 e. The summed E-state index contributed by atoms with van der Waals surface area (Å²) in [6.45, 7) is 5.08. The van der Waals surface area contributed by atoms with Crippen LogP contribution in [0.4, 0.5) is 11.4 Å². The van der Waals surface area contributed by atoms with Crippen LogP contribution in [0.5, 0.6) is 0 Å². The lowest BCUT2D eigenvalue weighted by molar-refractivity contribution is -0.118. The van der Waals surface area contributed by atoms with E-state index in [0.29, 0.717) is 30.0 Å². The lowest BCUT2D eigenvalue weighted by Gasteiger charge is -2.23. The van der Waals surface area contributed by atoms with Crippen molar-refractivity contribution in [2.24, 2.45) is 5.10 Å². The molecule has 3 rings (SSSR count). The van der Waals surface area contributed by atoms with Gasteiger partial charge in [-0.2, -0.15) is 5.10 Å². The van der Waals surface area contributed by atoms with Crippen molar-refractivity contribution in [1.82, 2.24) is 4.90 Å². The third-order valence-corrected chi connectivity index (χ3v) is 4.71. The summed E-state index contributed by atoms with van der Waals surface area (Å²) in [5.74, 6) is -0.618. The van der Waals surface area contributed by atoms with E-state index < -0.39 is 0 Å². The molecule has 0 spiro atoms. The summed E-state index contributed by atoms with van der Waals surface area (Å²) in [7, 11) is 0. The number of carbonyl (C=O) groups is 3. The first-order valence-electron chi connectivity index (χ1n) is 9.69. The van der Waals surface area contributed by atoms with Crippen molar-refractivity contribution in [1.29, 1.82) is 0 Å². The first-order valence-corrected chi connectivity index (χ1v) is 9.69. The monoisotopic (exact) mass is 392 g/mol. The van der Waals surface area contributed by atoms with Crippen LogP contribution in [0.3, 0.4) is 0 Å². The smallest absolute Gasteiger partial charge is 0.271 e. The van der Waals surface area contributed by atoms with Gasteiger partial charge in [0.2, 0.25) is 5.91 Å². The molecular formula is C22H24N4O3. The molecule has 7 nitrogen and oxygen atoms in total. The summed E-state index contributed by atoms with van der Waals surface area (Å²) >= 11 is 0. The van der Waals surface area contributed by atoms with Crippen LogP contribution in [0, 0.1) is 0 Å². The summed E-state index contributed by atoms with van der Waals surface area (Å²) in [6, 6.07) is 15.8. The Balaban J connectivity index is 1.77. The van der Waals surface area contributed by atoms with E-state index in [0.717, 1.165) is 0 Å². The van der Waals surface area contributed by atoms with Crippen molar-refractivity contribution >= 4 is 34.8 Å². The number of anilines is 2. The number of carbonyl (C=O) groups excluding carboxylic acids is 3. The Morgan fingerprint density at radius 1 is 1.03 bits per heavy atom. The second-order valence-corrected chi connectivity index (χ2v) is 6.60. The van der Waals surface area contributed by atoms with Crippen molar-refractivity contribution in [2.45, 2.75) is 26.7 Å². The highest BCUT2D eigenvalue weighted by atomic mass is 16.2. The molecule has 1 N–H and O–H groups in total. The van der Waals surface area contributed by atoms with E-state index in [1.165, 1.54) is 5.01 Å². The van der Waals surface area contributed by atoms with Crippen molar-refractivity contribution < 1.29 is 14.4 Å². The number of rotatable bonds is 6. The molecule has 0 saturated carbocycles. The minimum atomic E-state index is -0.383. The summed E-state index contributed by atoms with van der Waals surface area (Å²) in [6.07, 6.45) is 0.480. The van der Waals surface area contributed by atoms with Crippen LogP contribution in [0.1, 0.15) is 37.0 Å². The predicted octanol–water partition coefficient (Wildman–Crippen LogP) is 3.29. The van der Waals surface area contributed by atoms with Gasteiger partial charge in [0.05, 0.1) is 5.69 Å². The number of amides is 3. The second-order valence-electron chi connectivity index (χ2n) is 6.60. The van der Waals surface area contributed by atoms with E-state index in [2.05, 4.69) is 10.4 Å². The van der Waals surface area contributed by atoms with Gasteiger partial charge >= 0.3 is 0 Å². The topological polar surface area (TPSA) is 82.1 Å². The number of benzene rings is 2. The van der Waals surface area contributed by atoms with Gasteiger partial charge in [0, 0.05) is 37.2 Å². The fraction of sp³-hybridized carbons (Fsp3) is 0.273. The zero-order chi connectivity index (χ0) is 20.8. The molecule has 0 radical (unpaired) electrons. The first kappa shape index (κ1) is 20.3. The van der Waals surface area contributed by atoms with Gasteiger partial charge in [-0.3, -0.25) is 14.4 Å². The van der Waals surface area contributed by atoms with Gasteiger partial charge in [-0.25, -0.2) is 5.01 Å². The maximum absolute atomic E-state index is 12.7. The molecule has 0 unspecified atom stereocenters. The number of hydrogen-bond donors (Lipinski definition) is 1. The quantitative estimate of drug-likeness (QED) is 0.819. The van der Waals surface area contributed by atoms with Gasteiger partial charge in [0.25, 0.3) is 11.8 Å². The summed E-state index contributed by atoms with van der Waals surface area (Å²) in [4.78, 5) is 39.2. The van der Waals surface area contributed by atoms with Crippen LogP contribution in [-0.4, -0.2) is 41.4 Å². The zero-order valence-corrected chi connectivity index (χ0v) is 16.6. The van der Waals surface area contributed by atoms with Gasteiger partial charge in [-0.1, -0.05) is 24.3 Å². The van der Waals surface area contributed by atoms with Gasteiger partial charge < -0.3 is 10.2 Å². The molecule has 1 heterocycles. The molecule has 29 heavy (non-hydrogen) atoms. The van der Waals surface area contributed by atoms with E-state index in [1.54, 1.807) is 41.3 Å².